The van der Waals surface area contributed by atoms with Gasteiger partial charge in [0.1, 0.15) is 23.2 Å². The summed E-state index contributed by atoms with van der Waals surface area (Å²) in [4.78, 5) is 13.8. The normalized spacial score (nSPS) is 11.2. The first kappa shape index (κ1) is 30.0. The predicted octanol–water partition coefficient (Wildman–Crippen LogP) is 6.69. The van der Waals surface area contributed by atoms with Crippen LogP contribution in [0, 0.1) is 17.5 Å². The molecule has 0 radical (unpaired) electrons. The van der Waals surface area contributed by atoms with Crippen molar-refractivity contribution in [3.63, 3.8) is 0 Å². The third-order valence-corrected chi connectivity index (χ3v) is 8.24. The van der Waals surface area contributed by atoms with Gasteiger partial charge in [0, 0.05) is 30.2 Å². The minimum Gasteiger partial charge on any atom is -0.493 e. The van der Waals surface area contributed by atoms with Crippen LogP contribution in [-0.2, 0) is 16.6 Å². The second-order valence-corrected chi connectivity index (χ2v) is 11.4. The highest BCUT2D eigenvalue weighted by Crippen LogP contribution is 2.32. The molecule has 0 aromatic heterocycles. The first-order valence-corrected chi connectivity index (χ1v) is 14.3. The molecule has 0 fully saturated rings. The van der Waals surface area contributed by atoms with Crippen molar-refractivity contribution in [1.29, 1.82) is 0 Å². The standard InChI is InChI=1S/C30H26ClF3N2O4S/c1-35(30(37)25-8-3-4-9-26(25)33)17-6-18-40-29-10-5-2-7-21(29)20-36(28-19-23(32)13-16-27(28)34)41(38,39)24-14-11-22(31)12-15-24/h2-5,7-16,19H,6,17-18,20H2,1H3. The average molecular weight is 603 g/mol. The van der Waals surface area contributed by atoms with Gasteiger partial charge in [-0.3, -0.25) is 9.10 Å². The fourth-order valence-corrected chi connectivity index (χ4v) is 5.63. The molecule has 214 valence electrons. The Morgan fingerprint density at radius 3 is 2.29 bits per heavy atom. The van der Waals surface area contributed by atoms with E-state index in [4.69, 9.17) is 16.3 Å². The molecular weight excluding hydrogens is 577 g/mol. The lowest BCUT2D eigenvalue weighted by Crippen LogP contribution is -2.31. The summed E-state index contributed by atoms with van der Waals surface area (Å²) in [7, 11) is -2.81. The Morgan fingerprint density at radius 1 is 0.878 bits per heavy atom. The Hall–Kier alpha value is -4.02. The Bertz CT molecular complexity index is 1640. The van der Waals surface area contributed by atoms with Crippen molar-refractivity contribution in [2.75, 3.05) is 24.5 Å². The summed E-state index contributed by atoms with van der Waals surface area (Å²) < 4.78 is 77.0. The van der Waals surface area contributed by atoms with Gasteiger partial charge < -0.3 is 9.64 Å². The Morgan fingerprint density at radius 2 is 1.56 bits per heavy atom. The van der Waals surface area contributed by atoms with E-state index in [1.807, 2.05) is 0 Å². The summed E-state index contributed by atoms with van der Waals surface area (Å²) in [6.07, 6.45) is 0.385. The number of amides is 1. The maximum atomic E-state index is 14.9. The topological polar surface area (TPSA) is 66.9 Å². The number of rotatable bonds is 11. The molecule has 4 aromatic carbocycles. The number of ether oxygens (including phenoxy) is 1. The van der Waals surface area contributed by atoms with Crippen LogP contribution in [0.3, 0.4) is 0 Å². The Labute approximate surface area is 241 Å². The van der Waals surface area contributed by atoms with Crippen molar-refractivity contribution in [1.82, 2.24) is 4.90 Å². The van der Waals surface area contributed by atoms with Crippen LogP contribution in [0.5, 0.6) is 5.75 Å². The van der Waals surface area contributed by atoms with Crippen LogP contribution >= 0.6 is 11.6 Å². The minimum absolute atomic E-state index is 0.0344. The van der Waals surface area contributed by atoms with Crippen LogP contribution in [0.1, 0.15) is 22.3 Å². The molecule has 0 aliphatic rings. The van der Waals surface area contributed by atoms with Gasteiger partial charge in [0.15, 0.2) is 0 Å². The second-order valence-electron chi connectivity index (χ2n) is 9.08. The van der Waals surface area contributed by atoms with E-state index in [2.05, 4.69) is 0 Å². The number of halogens is 4. The van der Waals surface area contributed by atoms with Crippen molar-refractivity contribution in [3.8, 4) is 5.75 Å². The fourth-order valence-electron chi connectivity index (χ4n) is 4.07. The molecule has 0 spiro atoms. The molecule has 4 rings (SSSR count). The summed E-state index contributed by atoms with van der Waals surface area (Å²) in [5.41, 5.74) is -0.111. The maximum Gasteiger partial charge on any atom is 0.264 e. The predicted molar refractivity (Wildman–Crippen MR) is 151 cm³/mol. The molecule has 1 amide bonds. The summed E-state index contributed by atoms with van der Waals surface area (Å²) in [6.45, 7) is 0.0399. The highest BCUT2D eigenvalue weighted by molar-refractivity contribution is 7.92. The van der Waals surface area contributed by atoms with Crippen LogP contribution in [-0.4, -0.2) is 39.4 Å². The molecule has 0 N–H and O–H groups in total. The van der Waals surface area contributed by atoms with Gasteiger partial charge in [-0.15, -0.1) is 0 Å². The fraction of sp³-hybridized carbons (Fsp3) is 0.167. The van der Waals surface area contributed by atoms with Crippen LogP contribution in [0.25, 0.3) is 0 Å². The van der Waals surface area contributed by atoms with E-state index < -0.39 is 39.1 Å². The number of nitrogens with zero attached hydrogens (tertiary/aromatic N) is 2. The number of anilines is 1. The SMILES string of the molecule is CN(CCCOc1ccccc1CN(c1cc(F)ccc1F)S(=O)(=O)c1ccc(Cl)cc1)C(=O)c1ccccc1F. The Balaban J connectivity index is 1.53. The minimum atomic E-state index is -4.36. The molecular formula is C30H26ClF3N2O4S. The zero-order chi connectivity index (χ0) is 29.6. The van der Waals surface area contributed by atoms with E-state index in [1.54, 1.807) is 37.4 Å². The van der Waals surface area contributed by atoms with Crippen LogP contribution < -0.4 is 9.04 Å². The zero-order valence-electron chi connectivity index (χ0n) is 21.9. The van der Waals surface area contributed by atoms with Gasteiger partial charge in [0.2, 0.25) is 0 Å². The third-order valence-electron chi connectivity index (χ3n) is 6.21. The largest absolute Gasteiger partial charge is 0.493 e. The van der Waals surface area contributed by atoms with Gasteiger partial charge >= 0.3 is 0 Å². The number of hydrogen-bond donors (Lipinski definition) is 0. The molecule has 0 aliphatic carbocycles. The molecule has 0 saturated carbocycles. The van der Waals surface area contributed by atoms with Crippen LogP contribution in [0.15, 0.2) is 95.9 Å². The summed E-state index contributed by atoms with van der Waals surface area (Å²) in [5, 5.41) is 0.312. The lowest BCUT2D eigenvalue weighted by molar-refractivity contribution is 0.0783. The van der Waals surface area contributed by atoms with Crippen LogP contribution in [0.2, 0.25) is 5.02 Å². The van der Waals surface area contributed by atoms with Gasteiger partial charge in [0.25, 0.3) is 15.9 Å². The quantitative estimate of drug-likeness (QED) is 0.179. The highest BCUT2D eigenvalue weighted by atomic mass is 35.5. The van der Waals surface area contributed by atoms with Crippen LogP contribution in [0.4, 0.5) is 18.9 Å². The van der Waals surface area contributed by atoms with Gasteiger partial charge in [-0.25, -0.2) is 21.6 Å². The molecule has 0 aliphatic heterocycles. The third kappa shape index (κ3) is 7.20. The lowest BCUT2D eigenvalue weighted by atomic mass is 10.2. The van der Waals surface area contributed by atoms with Gasteiger partial charge in [-0.1, -0.05) is 41.9 Å². The summed E-state index contributed by atoms with van der Waals surface area (Å²) >= 11 is 5.92. The molecule has 4 aromatic rings. The van der Waals surface area contributed by atoms with E-state index in [-0.39, 0.29) is 30.2 Å². The number of benzene rings is 4. The molecule has 6 nitrogen and oxygen atoms in total. The molecule has 0 bridgehead atoms. The molecule has 0 heterocycles. The lowest BCUT2D eigenvalue weighted by Gasteiger charge is -2.26. The monoisotopic (exact) mass is 602 g/mol. The van der Waals surface area contributed by atoms with E-state index in [1.165, 1.54) is 47.4 Å². The van der Waals surface area contributed by atoms with Crippen molar-refractivity contribution in [2.24, 2.45) is 0 Å². The molecule has 0 atom stereocenters. The molecule has 41 heavy (non-hydrogen) atoms. The average Bonchev–Trinajstić information content (AvgIpc) is 2.96. The molecule has 0 saturated heterocycles. The van der Waals surface area contributed by atoms with Crippen molar-refractivity contribution in [2.45, 2.75) is 17.9 Å². The van der Waals surface area contributed by atoms with E-state index in [0.29, 0.717) is 22.8 Å². The second kappa shape index (κ2) is 13.1. The number of hydrogen-bond acceptors (Lipinski definition) is 4. The zero-order valence-corrected chi connectivity index (χ0v) is 23.5. The van der Waals surface area contributed by atoms with Gasteiger partial charge in [-0.2, -0.15) is 0 Å². The van der Waals surface area contributed by atoms with Gasteiger partial charge in [0.05, 0.1) is 29.3 Å². The number of carbonyl (C=O) groups is 1. The number of sulfonamides is 1. The van der Waals surface area contributed by atoms with E-state index in [9.17, 15) is 26.4 Å². The van der Waals surface area contributed by atoms with Crippen molar-refractivity contribution in [3.05, 3.63) is 125 Å². The first-order chi connectivity index (χ1) is 19.6. The number of carbonyl (C=O) groups excluding carboxylic acids is 1. The molecule has 0 unspecified atom stereocenters. The Kier molecular flexibility index (Phi) is 9.57. The smallest absolute Gasteiger partial charge is 0.264 e. The first-order valence-electron chi connectivity index (χ1n) is 12.5. The number of para-hydroxylation sites is 1. The summed E-state index contributed by atoms with van der Waals surface area (Å²) in [6, 6.07) is 20.2. The maximum absolute atomic E-state index is 14.9. The van der Waals surface area contributed by atoms with Gasteiger partial charge in [-0.05, 0) is 61.0 Å². The van der Waals surface area contributed by atoms with E-state index >= 15 is 0 Å². The van der Waals surface area contributed by atoms with E-state index in [0.717, 1.165) is 22.5 Å². The highest BCUT2D eigenvalue weighted by Gasteiger charge is 2.29. The summed E-state index contributed by atoms with van der Waals surface area (Å²) in [5.74, 6) is -2.49. The van der Waals surface area contributed by atoms with Crippen molar-refractivity contribution >= 4 is 33.2 Å². The van der Waals surface area contributed by atoms with Crippen molar-refractivity contribution < 1.29 is 31.1 Å². The molecule has 11 heteroatoms.